The highest BCUT2D eigenvalue weighted by Crippen LogP contribution is 2.42. The number of nitrogens with one attached hydrogen (secondary N) is 1. The number of likely N-dealkylation sites (tertiary alicyclic amines) is 1. The van der Waals surface area contributed by atoms with Crippen molar-refractivity contribution < 1.29 is 9.59 Å². The minimum atomic E-state index is -0.198. The molecule has 0 bridgehead atoms. The summed E-state index contributed by atoms with van der Waals surface area (Å²) >= 11 is 0. The highest BCUT2D eigenvalue weighted by Gasteiger charge is 2.48. The minimum Gasteiger partial charge on any atom is -0.370 e. The fourth-order valence-corrected chi connectivity index (χ4v) is 4.56. The monoisotopic (exact) mass is 341 g/mol. The van der Waals surface area contributed by atoms with E-state index in [1.54, 1.807) is 0 Å². The number of hydrogen-bond acceptors (Lipinski definition) is 4. The fourth-order valence-electron chi connectivity index (χ4n) is 4.56. The van der Waals surface area contributed by atoms with Crippen molar-refractivity contribution in [3.8, 4) is 0 Å². The summed E-state index contributed by atoms with van der Waals surface area (Å²) in [6, 6.07) is 8.95. The first-order chi connectivity index (χ1) is 12.0. The van der Waals surface area contributed by atoms with Crippen LogP contribution in [-0.2, 0) is 9.59 Å². The molecule has 1 aromatic carbocycles. The van der Waals surface area contributed by atoms with Gasteiger partial charge in [-0.05, 0) is 50.9 Å². The lowest BCUT2D eigenvalue weighted by atomic mass is 9.78. The normalized spacial score (nSPS) is 26.2. The van der Waals surface area contributed by atoms with Crippen molar-refractivity contribution in [3.63, 3.8) is 0 Å². The van der Waals surface area contributed by atoms with E-state index in [2.05, 4.69) is 41.1 Å². The molecule has 0 aromatic heterocycles. The van der Waals surface area contributed by atoms with Gasteiger partial charge in [-0.25, -0.2) is 0 Å². The van der Waals surface area contributed by atoms with E-state index >= 15 is 0 Å². The Hall–Kier alpha value is -1.88. The van der Waals surface area contributed by atoms with E-state index in [-0.39, 0.29) is 17.7 Å². The minimum absolute atomic E-state index is 0.155. The smallest absolute Gasteiger partial charge is 0.234 e. The summed E-state index contributed by atoms with van der Waals surface area (Å²) in [5.41, 5.74) is 2.68. The molecule has 0 saturated carbocycles. The Morgan fingerprint density at radius 3 is 2.68 bits per heavy atom. The Morgan fingerprint density at radius 2 is 2.00 bits per heavy atom. The van der Waals surface area contributed by atoms with E-state index in [9.17, 15) is 9.59 Å². The molecule has 25 heavy (non-hydrogen) atoms. The van der Waals surface area contributed by atoms with Gasteiger partial charge in [0, 0.05) is 43.2 Å². The number of rotatable bonds is 3. The van der Waals surface area contributed by atoms with Crippen LogP contribution in [0.2, 0.25) is 0 Å². The van der Waals surface area contributed by atoms with Crippen molar-refractivity contribution >= 4 is 17.5 Å². The van der Waals surface area contributed by atoms with Gasteiger partial charge in [-0.1, -0.05) is 12.1 Å². The van der Waals surface area contributed by atoms with E-state index in [0.29, 0.717) is 24.3 Å². The molecule has 3 heterocycles. The predicted molar refractivity (Wildman–Crippen MR) is 97.5 cm³/mol. The molecule has 1 unspecified atom stereocenters. The maximum atomic E-state index is 12.1. The number of nitrogens with zero attached hydrogens (tertiary/aromatic N) is 2. The van der Waals surface area contributed by atoms with Gasteiger partial charge < -0.3 is 9.80 Å². The number of hydrogen-bond donors (Lipinski definition) is 1. The molecular formula is C20H27N3O2. The molecule has 2 amide bonds. The summed E-state index contributed by atoms with van der Waals surface area (Å²) in [5.74, 6) is -0.509. The number of benzene rings is 1. The second kappa shape index (κ2) is 6.13. The summed E-state index contributed by atoms with van der Waals surface area (Å²) in [7, 11) is 0. The quantitative estimate of drug-likeness (QED) is 0.856. The van der Waals surface area contributed by atoms with Gasteiger partial charge >= 0.3 is 0 Å². The molecule has 3 aliphatic heterocycles. The van der Waals surface area contributed by atoms with E-state index in [1.807, 2.05) is 12.1 Å². The Labute approximate surface area is 149 Å². The van der Waals surface area contributed by atoms with E-state index < -0.39 is 0 Å². The molecule has 134 valence electrons. The molecule has 5 heteroatoms. The van der Waals surface area contributed by atoms with Crippen LogP contribution in [-0.4, -0.2) is 48.9 Å². The molecule has 3 fully saturated rings. The lowest BCUT2D eigenvalue weighted by Gasteiger charge is -2.50. The number of carbonyl (C=O) groups excluding carboxylic acids is 2. The number of imide groups is 1. The molecule has 0 radical (unpaired) electrons. The lowest BCUT2D eigenvalue weighted by molar-refractivity contribution is -0.134. The van der Waals surface area contributed by atoms with Gasteiger partial charge in [-0.3, -0.25) is 14.9 Å². The third-order valence-corrected chi connectivity index (χ3v) is 6.13. The molecule has 1 spiro atoms. The summed E-state index contributed by atoms with van der Waals surface area (Å²) in [6.07, 6.45) is 2.33. The standard InChI is InChI=1S/C20H27N3O2/c1-14(2)22-9-8-20(11-22)12-23(13-20)16-5-3-4-15(10-16)17-6-7-18(24)21-19(17)25/h3-5,10,14,17H,6-9,11-13H2,1-2H3,(H,21,24,25). The van der Waals surface area contributed by atoms with Gasteiger partial charge in [0.05, 0.1) is 5.92 Å². The summed E-state index contributed by atoms with van der Waals surface area (Å²) in [5, 5.41) is 2.46. The van der Waals surface area contributed by atoms with Crippen molar-refractivity contribution in [1.29, 1.82) is 0 Å². The topological polar surface area (TPSA) is 52.6 Å². The largest absolute Gasteiger partial charge is 0.370 e. The van der Waals surface area contributed by atoms with Gasteiger partial charge in [-0.15, -0.1) is 0 Å². The molecule has 3 saturated heterocycles. The number of amides is 2. The second-order valence-corrected chi connectivity index (χ2v) is 8.27. The van der Waals surface area contributed by atoms with Crippen molar-refractivity contribution in [2.45, 2.75) is 45.1 Å². The van der Waals surface area contributed by atoms with Crippen molar-refractivity contribution in [2.24, 2.45) is 5.41 Å². The molecule has 4 rings (SSSR count). The van der Waals surface area contributed by atoms with Crippen LogP contribution in [0.4, 0.5) is 5.69 Å². The SMILES string of the molecule is CC(C)N1CCC2(CN(c3cccc(C4CCC(=O)NC4=O)c3)C2)C1. The maximum absolute atomic E-state index is 12.1. The van der Waals surface area contributed by atoms with Crippen LogP contribution < -0.4 is 10.2 Å². The second-order valence-electron chi connectivity index (χ2n) is 8.27. The first kappa shape index (κ1) is 16.6. The zero-order chi connectivity index (χ0) is 17.6. The van der Waals surface area contributed by atoms with Crippen LogP contribution in [0.15, 0.2) is 24.3 Å². The van der Waals surface area contributed by atoms with Crippen LogP contribution in [0.1, 0.15) is 44.6 Å². The highest BCUT2D eigenvalue weighted by molar-refractivity contribution is 6.01. The van der Waals surface area contributed by atoms with Crippen LogP contribution in [0, 0.1) is 5.41 Å². The summed E-state index contributed by atoms with van der Waals surface area (Å²) in [4.78, 5) is 28.5. The molecule has 1 aromatic rings. The van der Waals surface area contributed by atoms with Gasteiger partial charge in [0.25, 0.3) is 0 Å². The third kappa shape index (κ3) is 3.06. The molecular weight excluding hydrogens is 314 g/mol. The molecule has 1 atom stereocenters. The maximum Gasteiger partial charge on any atom is 0.234 e. The Morgan fingerprint density at radius 1 is 1.20 bits per heavy atom. The van der Waals surface area contributed by atoms with Crippen LogP contribution >= 0.6 is 0 Å². The van der Waals surface area contributed by atoms with Crippen LogP contribution in [0.5, 0.6) is 0 Å². The summed E-state index contributed by atoms with van der Waals surface area (Å²) in [6.45, 7) is 9.18. The van der Waals surface area contributed by atoms with E-state index in [4.69, 9.17) is 0 Å². The molecule has 0 aliphatic carbocycles. The highest BCUT2D eigenvalue weighted by atomic mass is 16.2. The first-order valence-electron chi connectivity index (χ1n) is 9.38. The van der Waals surface area contributed by atoms with Gasteiger partial charge in [0.15, 0.2) is 0 Å². The molecule has 1 N–H and O–H groups in total. The van der Waals surface area contributed by atoms with E-state index in [0.717, 1.165) is 18.7 Å². The predicted octanol–water partition coefficient (Wildman–Crippen LogP) is 2.13. The first-order valence-corrected chi connectivity index (χ1v) is 9.38. The summed E-state index contributed by atoms with van der Waals surface area (Å²) < 4.78 is 0. The number of anilines is 1. The number of carbonyl (C=O) groups is 2. The van der Waals surface area contributed by atoms with Crippen molar-refractivity contribution in [2.75, 3.05) is 31.1 Å². The van der Waals surface area contributed by atoms with Crippen LogP contribution in [0.3, 0.4) is 0 Å². The molecule has 5 nitrogen and oxygen atoms in total. The van der Waals surface area contributed by atoms with Gasteiger partial charge in [0.1, 0.15) is 0 Å². The van der Waals surface area contributed by atoms with Gasteiger partial charge in [0.2, 0.25) is 11.8 Å². The average molecular weight is 341 g/mol. The van der Waals surface area contributed by atoms with Gasteiger partial charge in [-0.2, -0.15) is 0 Å². The number of piperidine rings is 1. The van der Waals surface area contributed by atoms with Crippen molar-refractivity contribution in [3.05, 3.63) is 29.8 Å². The Bertz CT molecular complexity index is 694. The average Bonchev–Trinajstić information content (AvgIpc) is 2.99. The third-order valence-electron chi connectivity index (χ3n) is 6.13. The zero-order valence-corrected chi connectivity index (χ0v) is 15.1. The zero-order valence-electron chi connectivity index (χ0n) is 15.1. The van der Waals surface area contributed by atoms with Crippen molar-refractivity contribution in [1.82, 2.24) is 10.2 Å². The Balaban J connectivity index is 1.43. The fraction of sp³-hybridized carbons (Fsp3) is 0.600. The lowest BCUT2D eigenvalue weighted by Crippen LogP contribution is -2.58. The van der Waals surface area contributed by atoms with Crippen LogP contribution in [0.25, 0.3) is 0 Å². The Kier molecular flexibility index (Phi) is 4.07. The molecule has 3 aliphatic rings. The van der Waals surface area contributed by atoms with E-state index in [1.165, 1.54) is 25.2 Å².